The molecule has 1 atom stereocenters. The number of nitrogens with zero attached hydrogens (tertiary/aromatic N) is 1. The summed E-state index contributed by atoms with van der Waals surface area (Å²) in [5.74, 6) is 0.564. The zero-order valence-corrected chi connectivity index (χ0v) is 14.9. The van der Waals surface area contributed by atoms with Gasteiger partial charge in [0.25, 0.3) is 0 Å². The first-order valence-corrected chi connectivity index (χ1v) is 8.36. The number of hydrogen-bond acceptors (Lipinski definition) is 2. The molecule has 0 aromatic heterocycles. The molecule has 0 aliphatic carbocycles. The molecule has 5 heteroatoms. The van der Waals surface area contributed by atoms with Crippen LogP contribution in [0.15, 0.2) is 23.2 Å². The van der Waals surface area contributed by atoms with Crippen LogP contribution < -0.4 is 10.6 Å². The Bertz CT molecular complexity index is 503. The molecule has 130 valence electrons. The highest BCUT2D eigenvalue weighted by molar-refractivity contribution is 5.80. The Kier molecular flexibility index (Phi) is 8.62. The van der Waals surface area contributed by atoms with Crippen molar-refractivity contribution in [2.24, 2.45) is 4.99 Å². The number of nitrogens with one attached hydrogen (secondary N) is 2. The molecule has 1 unspecified atom stereocenters. The zero-order chi connectivity index (χ0) is 17.2. The summed E-state index contributed by atoms with van der Waals surface area (Å²) in [5, 5.41) is 6.53. The number of guanidine groups is 1. The zero-order valence-electron chi connectivity index (χ0n) is 14.9. The molecule has 0 aliphatic heterocycles. The number of ether oxygens (including phenoxy) is 1. The van der Waals surface area contributed by atoms with Crippen LogP contribution in [0.3, 0.4) is 0 Å². The summed E-state index contributed by atoms with van der Waals surface area (Å²) < 4.78 is 19.2. The molecular formula is C18H30FN3O. The molecule has 4 nitrogen and oxygen atoms in total. The first kappa shape index (κ1) is 19.4. The van der Waals surface area contributed by atoms with Gasteiger partial charge in [0.2, 0.25) is 0 Å². The molecule has 0 aliphatic rings. The van der Waals surface area contributed by atoms with Crippen molar-refractivity contribution in [3.8, 4) is 0 Å². The van der Waals surface area contributed by atoms with Gasteiger partial charge >= 0.3 is 0 Å². The van der Waals surface area contributed by atoms with Crippen molar-refractivity contribution in [3.05, 3.63) is 35.1 Å². The lowest BCUT2D eigenvalue weighted by molar-refractivity contribution is 0.0782. The van der Waals surface area contributed by atoms with Crippen LogP contribution in [-0.2, 0) is 4.74 Å². The molecule has 1 aromatic carbocycles. The van der Waals surface area contributed by atoms with Gasteiger partial charge in [-0.3, -0.25) is 4.99 Å². The van der Waals surface area contributed by atoms with Crippen molar-refractivity contribution in [1.82, 2.24) is 10.6 Å². The highest BCUT2D eigenvalue weighted by Crippen LogP contribution is 2.16. The van der Waals surface area contributed by atoms with E-state index in [0.717, 1.165) is 24.5 Å². The summed E-state index contributed by atoms with van der Waals surface area (Å²) in [6.07, 6.45) is 1.13. The Morgan fingerprint density at radius 3 is 2.65 bits per heavy atom. The number of benzene rings is 1. The minimum Gasteiger partial charge on any atom is -0.379 e. The molecular weight excluding hydrogens is 293 g/mol. The van der Waals surface area contributed by atoms with Gasteiger partial charge in [-0.1, -0.05) is 12.1 Å². The molecule has 23 heavy (non-hydrogen) atoms. The summed E-state index contributed by atoms with van der Waals surface area (Å²) in [4.78, 5) is 4.54. The van der Waals surface area contributed by atoms with E-state index in [2.05, 4.69) is 15.6 Å². The quantitative estimate of drug-likeness (QED) is 0.437. The van der Waals surface area contributed by atoms with E-state index >= 15 is 0 Å². The van der Waals surface area contributed by atoms with Crippen LogP contribution in [0.5, 0.6) is 0 Å². The van der Waals surface area contributed by atoms with Gasteiger partial charge < -0.3 is 15.4 Å². The summed E-state index contributed by atoms with van der Waals surface area (Å²) in [6, 6.07) is 5.30. The maximum absolute atomic E-state index is 13.7. The second kappa shape index (κ2) is 10.2. The highest BCUT2D eigenvalue weighted by Gasteiger charge is 2.09. The van der Waals surface area contributed by atoms with Crippen LogP contribution in [0.1, 0.15) is 51.3 Å². The van der Waals surface area contributed by atoms with Crippen molar-refractivity contribution < 1.29 is 9.13 Å². The van der Waals surface area contributed by atoms with Crippen molar-refractivity contribution >= 4 is 5.96 Å². The minimum atomic E-state index is -0.177. The van der Waals surface area contributed by atoms with Crippen molar-refractivity contribution in [1.29, 1.82) is 0 Å². The molecule has 0 bridgehead atoms. The summed E-state index contributed by atoms with van der Waals surface area (Å²) in [7, 11) is 0. The van der Waals surface area contributed by atoms with E-state index in [9.17, 15) is 4.39 Å². The van der Waals surface area contributed by atoms with Gasteiger partial charge in [-0.05, 0) is 58.2 Å². The van der Waals surface area contributed by atoms with E-state index in [1.807, 2.05) is 33.8 Å². The van der Waals surface area contributed by atoms with Gasteiger partial charge in [0.15, 0.2) is 5.96 Å². The highest BCUT2D eigenvalue weighted by atomic mass is 19.1. The molecule has 0 fully saturated rings. The van der Waals surface area contributed by atoms with Gasteiger partial charge in [0.05, 0.1) is 12.1 Å². The summed E-state index contributed by atoms with van der Waals surface area (Å²) in [5.41, 5.74) is 1.56. The lowest BCUT2D eigenvalue weighted by atomic mass is 10.1. The van der Waals surface area contributed by atoms with Crippen LogP contribution in [0, 0.1) is 12.7 Å². The standard InChI is InChI=1S/C18H30FN3O/c1-6-20-18(21-10-7-11-23-13(2)3)22-15(5)16-9-8-14(4)17(19)12-16/h8-9,12-13,15H,6-7,10-11H2,1-5H3,(H2,20,21,22). The average Bonchev–Trinajstić information content (AvgIpc) is 2.49. The molecule has 1 rings (SSSR count). The van der Waals surface area contributed by atoms with Crippen LogP contribution in [0.2, 0.25) is 0 Å². The first-order valence-electron chi connectivity index (χ1n) is 8.36. The van der Waals surface area contributed by atoms with Crippen molar-refractivity contribution in [2.75, 3.05) is 19.7 Å². The number of rotatable bonds is 8. The third kappa shape index (κ3) is 7.46. The predicted molar refractivity (Wildman–Crippen MR) is 94.4 cm³/mol. The third-order valence-corrected chi connectivity index (χ3v) is 3.42. The maximum Gasteiger partial charge on any atom is 0.191 e. The molecule has 0 saturated carbocycles. The minimum absolute atomic E-state index is 0.0187. The van der Waals surface area contributed by atoms with Gasteiger partial charge in [0.1, 0.15) is 5.82 Å². The smallest absolute Gasteiger partial charge is 0.191 e. The Morgan fingerprint density at radius 2 is 2.04 bits per heavy atom. The molecule has 0 radical (unpaired) electrons. The lowest BCUT2D eigenvalue weighted by Gasteiger charge is -2.18. The fraction of sp³-hybridized carbons (Fsp3) is 0.611. The van der Waals surface area contributed by atoms with Crippen molar-refractivity contribution in [3.63, 3.8) is 0 Å². The largest absolute Gasteiger partial charge is 0.379 e. The van der Waals surface area contributed by atoms with E-state index in [4.69, 9.17) is 4.74 Å². The van der Waals surface area contributed by atoms with E-state index in [-0.39, 0.29) is 18.0 Å². The Labute approximate surface area is 139 Å². The van der Waals surface area contributed by atoms with Gasteiger partial charge in [-0.15, -0.1) is 0 Å². The van der Waals surface area contributed by atoms with Gasteiger partial charge in [0, 0.05) is 19.7 Å². The van der Waals surface area contributed by atoms with E-state index in [1.54, 1.807) is 19.1 Å². The maximum atomic E-state index is 13.7. The Hall–Kier alpha value is -1.62. The number of halogens is 1. The van der Waals surface area contributed by atoms with E-state index in [1.165, 1.54) is 0 Å². The Balaban J connectivity index is 2.57. The second-order valence-corrected chi connectivity index (χ2v) is 5.91. The first-order chi connectivity index (χ1) is 10.9. The third-order valence-electron chi connectivity index (χ3n) is 3.42. The predicted octanol–water partition coefficient (Wildman–Crippen LogP) is 3.57. The fourth-order valence-electron chi connectivity index (χ4n) is 2.06. The van der Waals surface area contributed by atoms with E-state index in [0.29, 0.717) is 18.7 Å². The second-order valence-electron chi connectivity index (χ2n) is 5.91. The summed E-state index contributed by atoms with van der Waals surface area (Å²) in [6.45, 7) is 12.0. The molecule has 0 heterocycles. The number of hydrogen-bond donors (Lipinski definition) is 2. The van der Waals surface area contributed by atoms with Crippen LogP contribution in [-0.4, -0.2) is 31.8 Å². The SMILES string of the molecule is CCNC(=NCCCOC(C)C)NC(C)c1ccc(C)c(F)c1. The lowest BCUT2D eigenvalue weighted by Crippen LogP contribution is -2.38. The van der Waals surface area contributed by atoms with Crippen LogP contribution in [0.4, 0.5) is 4.39 Å². The molecule has 2 N–H and O–H groups in total. The average molecular weight is 323 g/mol. The molecule has 0 spiro atoms. The topological polar surface area (TPSA) is 45.7 Å². The normalized spacial score (nSPS) is 13.3. The van der Waals surface area contributed by atoms with Crippen LogP contribution >= 0.6 is 0 Å². The number of aliphatic imine (C=N–C) groups is 1. The molecule has 0 amide bonds. The molecule has 0 saturated heterocycles. The van der Waals surface area contributed by atoms with Gasteiger partial charge in [-0.2, -0.15) is 0 Å². The molecule has 1 aromatic rings. The van der Waals surface area contributed by atoms with Gasteiger partial charge in [-0.25, -0.2) is 4.39 Å². The van der Waals surface area contributed by atoms with E-state index < -0.39 is 0 Å². The Morgan fingerprint density at radius 1 is 1.30 bits per heavy atom. The van der Waals surface area contributed by atoms with Crippen molar-refractivity contribution in [2.45, 2.75) is 53.2 Å². The monoisotopic (exact) mass is 323 g/mol. The fourth-order valence-corrected chi connectivity index (χ4v) is 2.06. The number of aryl methyl sites for hydroxylation is 1. The van der Waals surface area contributed by atoms with Crippen LogP contribution in [0.25, 0.3) is 0 Å². The summed E-state index contributed by atoms with van der Waals surface area (Å²) >= 11 is 0.